The molecule has 0 amide bonds. The third-order valence-corrected chi connectivity index (χ3v) is 9.85. The van der Waals surface area contributed by atoms with Gasteiger partial charge in [-0.3, -0.25) is 14.7 Å². The van der Waals surface area contributed by atoms with Gasteiger partial charge < -0.3 is 0 Å². The predicted molar refractivity (Wildman–Crippen MR) is 249 cm³/mol. The molecule has 3 aromatic carbocycles. The summed E-state index contributed by atoms with van der Waals surface area (Å²) in [7, 11) is 0. The van der Waals surface area contributed by atoms with Crippen LogP contribution in [0.4, 0.5) is 4.39 Å². The summed E-state index contributed by atoms with van der Waals surface area (Å²) in [6.07, 6.45) is 17.0. The number of hydrogen-bond donors (Lipinski definition) is 0. The van der Waals surface area contributed by atoms with Gasteiger partial charge in [0.15, 0.2) is 0 Å². The van der Waals surface area contributed by atoms with Crippen LogP contribution in [-0.4, -0.2) is 21.7 Å². The van der Waals surface area contributed by atoms with Crippen molar-refractivity contribution in [3.63, 3.8) is 0 Å². The molecule has 1 aliphatic carbocycles. The van der Waals surface area contributed by atoms with Gasteiger partial charge in [0.05, 0.1) is 5.69 Å². The van der Waals surface area contributed by atoms with Crippen LogP contribution in [0.15, 0.2) is 120 Å². The number of nitrogens with zero attached hydrogens (tertiary/aromatic N) is 4. The summed E-state index contributed by atoms with van der Waals surface area (Å²) in [4.78, 5) is 8.09. The minimum atomic E-state index is -0.0914. The fourth-order valence-corrected chi connectivity index (χ4v) is 5.69. The zero-order valence-corrected chi connectivity index (χ0v) is 37.4. The SMILES string of the molecule is C=CC(C)=N/C=C\C.CC(C)c1ccc(C2=CN=CC2)cc1.CC(C)c1ccc(F)cc1C1CC1.CCC(C)C.CCCn1nccc1-c1ccc(C(C)C)cc1. The van der Waals surface area contributed by atoms with Crippen LogP contribution in [0.2, 0.25) is 0 Å². The average Bonchev–Trinajstić information content (AvgIpc) is 3.70. The van der Waals surface area contributed by atoms with Crippen molar-refractivity contribution in [2.45, 2.75) is 145 Å². The maximum Gasteiger partial charge on any atom is 0.123 e. The highest BCUT2D eigenvalue weighted by atomic mass is 19.1. The van der Waals surface area contributed by atoms with E-state index in [0.29, 0.717) is 23.7 Å². The Balaban J connectivity index is 0.000000258. The van der Waals surface area contributed by atoms with E-state index >= 15 is 0 Å². The Morgan fingerprint density at radius 2 is 1.42 bits per heavy atom. The Hall–Kier alpha value is -4.64. The highest BCUT2D eigenvalue weighted by Crippen LogP contribution is 2.43. The molecule has 1 aromatic heterocycles. The van der Waals surface area contributed by atoms with Crippen molar-refractivity contribution in [1.29, 1.82) is 0 Å². The van der Waals surface area contributed by atoms with Crippen molar-refractivity contribution in [1.82, 2.24) is 9.78 Å². The van der Waals surface area contributed by atoms with E-state index < -0.39 is 0 Å². The lowest BCUT2D eigenvalue weighted by Crippen LogP contribution is -2.01. The van der Waals surface area contributed by atoms with Crippen molar-refractivity contribution in [2.75, 3.05) is 0 Å². The van der Waals surface area contributed by atoms with Crippen LogP contribution in [0.3, 0.4) is 0 Å². The van der Waals surface area contributed by atoms with E-state index in [1.54, 1.807) is 24.4 Å². The van der Waals surface area contributed by atoms with Gasteiger partial charge in [-0.2, -0.15) is 5.10 Å². The van der Waals surface area contributed by atoms with E-state index in [-0.39, 0.29) is 5.82 Å². The smallest absolute Gasteiger partial charge is 0.123 e. The molecule has 4 nitrogen and oxygen atoms in total. The molecule has 57 heavy (non-hydrogen) atoms. The molecule has 1 fully saturated rings. The molecule has 6 rings (SSSR count). The molecule has 0 saturated heterocycles. The van der Waals surface area contributed by atoms with E-state index in [1.165, 1.54) is 63.9 Å². The third kappa shape index (κ3) is 18.0. The summed E-state index contributed by atoms with van der Waals surface area (Å²) in [5.74, 6) is 3.15. The van der Waals surface area contributed by atoms with E-state index in [2.05, 4.69) is 150 Å². The first-order chi connectivity index (χ1) is 27.3. The molecule has 0 radical (unpaired) electrons. The van der Waals surface area contributed by atoms with Gasteiger partial charge in [-0.05, 0) is 126 Å². The maximum absolute atomic E-state index is 13.0. The van der Waals surface area contributed by atoms with Crippen LogP contribution in [-0.2, 0) is 6.54 Å². The van der Waals surface area contributed by atoms with Gasteiger partial charge in [0, 0.05) is 43.5 Å². The Labute approximate surface area is 346 Å². The lowest BCUT2D eigenvalue weighted by Gasteiger charge is -2.11. The molecule has 2 aliphatic rings. The first-order valence-corrected chi connectivity index (χ1v) is 21.3. The highest BCUT2D eigenvalue weighted by molar-refractivity contribution is 5.92. The van der Waals surface area contributed by atoms with Gasteiger partial charge in [-0.15, -0.1) is 0 Å². The molecule has 0 spiro atoms. The number of benzene rings is 3. The van der Waals surface area contributed by atoms with E-state index in [9.17, 15) is 4.39 Å². The molecule has 1 saturated carbocycles. The molecular weight excluding hydrogens is 700 g/mol. The Morgan fingerprint density at radius 3 is 1.86 bits per heavy atom. The second-order valence-electron chi connectivity index (χ2n) is 16.1. The van der Waals surface area contributed by atoms with Crippen LogP contribution in [0, 0.1) is 11.7 Å². The van der Waals surface area contributed by atoms with Gasteiger partial charge in [0.2, 0.25) is 0 Å². The number of aryl methyl sites for hydroxylation is 1. The fraction of sp³-hybridized carbons (Fsp3) is 0.442. The zero-order chi connectivity index (χ0) is 42.3. The van der Waals surface area contributed by atoms with Gasteiger partial charge in [0.1, 0.15) is 5.82 Å². The number of rotatable bonds is 11. The van der Waals surface area contributed by atoms with Crippen LogP contribution in [0.1, 0.15) is 167 Å². The van der Waals surface area contributed by atoms with Crippen LogP contribution in [0.5, 0.6) is 0 Å². The normalized spacial score (nSPS) is 13.4. The molecule has 0 bridgehead atoms. The van der Waals surface area contributed by atoms with Crippen molar-refractivity contribution >= 4 is 17.5 Å². The first-order valence-electron chi connectivity index (χ1n) is 21.3. The van der Waals surface area contributed by atoms with Gasteiger partial charge >= 0.3 is 0 Å². The Morgan fingerprint density at radius 1 is 0.842 bits per heavy atom. The van der Waals surface area contributed by atoms with E-state index in [4.69, 9.17) is 0 Å². The summed E-state index contributed by atoms with van der Waals surface area (Å²) < 4.78 is 15.1. The highest BCUT2D eigenvalue weighted by Gasteiger charge is 2.27. The van der Waals surface area contributed by atoms with E-state index in [1.807, 2.05) is 44.6 Å². The number of aliphatic imine (C=N–C) groups is 2. The predicted octanol–water partition coefficient (Wildman–Crippen LogP) is 15.8. The average molecular weight is 773 g/mol. The fourth-order valence-electron chi connectivity index (χ4n) is 5.69. The first kappa shape index (κ1) is 48.5. The van der Waals surface area contributed by atoms with Crippen LogP contribution < -0.4 is 0 Å². The summed E-state index contributed by atoms with van der Waals surface area (Å²) in [5, 5.41) is 4.36. The number of halogens is 1. The van der Waals surface area contributed by atoms with Crippen molar-refractivity contribution in [2.24, 2.45) is 15.9 Å². The lowest BCUT2D eigenvalue weighted by atomic mass is 9.94. The molecule has 0 N–H and O–H groups in total. The second kappa shape index (κ2) is 26.3. The summed E-state index contributed by atoms with van der Waals surface area (Å²) in [6.45, 7) is 30.4. The van der Waals surface area contributed by atoms with Gasteiger partial charge in [-0.25, -0.2) is 4.39 Å². The van der Waals surface area contributed by atoms with Crippen LogP contribution >= 0.6 is 0 Å². The standard InChI is InChI=1S/C15H20N2.C13H15N.C12H15F.C7H11N.C5H12/c1-4-11-17-15(9-10-16-17)14-7-5-13(6-8-14)12(2)3;1-10(2)11-3-5-12(6-4-11)13-7-8-14-9-13;1-8(2)11-6-5-10(13)7-12(11)9-3-4-9;1-4-6-8-7(3)5-2;1-4-5(2)3/h5-10,12H,4,11H2,1-3H3;3-6,8-10H,7H2,1-2H3;5-9H,3-4H2,1-2H3;4-6H,2H2,1,3H3;5H,4H2,1-3H3/b;;;6-4-,8-7?;. The topological polar surface area (TPSA) is 42.5 Å². The molecule has 1 aliphatic heterocycles. The molecule has 0 atom stereocenters. The zero-order valence-electron chi connectivity index (χ0n) is 37.4. The molecule has 0 unspecified atom stereocenters. The van der Waals surface area contributed by atoms with Gasteiger partial charge in [0.25, 0.3) is 0 Å². The maximum atomic E-state index is 13.0. The minimum Gasteiger partial charge on any atom is -0.268 e. The molecule has 308 valence electrons. The summed E-state index contributed by atoms with van der Waals surface area (Å²) >= 11 is 0. The van der Waals surface area contributed by atoms with Crippen molar-refractivity contribution < 1.29 is 4.39 Å². The Bertz CT molecular complexity index is 1850. The minimum absolute atomic E-state index is 0.0914. The molecular formula is C52H73FN4. The molecule has 2 heterocycles. The number of allylic oxidation sites excluding steroid dienone is 3. The monoisotopic (exact) mass is 773 g/mol. The summed E-state index contributed by atoms with van der Waals surface area (Å²) in [6, 6.07) is 24.9. The third-order valence-electron chi connectivity index (χ3n) is 9.85. The molecule has 5 heteroatoms. The number of aromatic nitrogens is 2. The van der Waals surface area contributed by atoms with Gasteiger partial charge in [-0.1, -0.05) is 143 Å². The largest absolute Gasteiger partial charge is 0.268 e. The second-order valence-corrected chi connectivity index (χ2v) is 16.1. The lowest BCUT2D eigenvalue weighted by molar-refractivity contribution is 0.609. The van der Waals surface area contributed by atoms with Crippen molar-refractivity contribution in [3.8, 4) is 11.3 Å². The van der Waals surface area contributed by atoms with Crippen LogP contribution in [0.25, 0.3) is 16.8 Å². The Kier molecular flexibility index (Phi) is 22.4. The van der Waals surface area contributed by atoms with E-state index in [0.717, 1.165) is 31.0 Å². The number of hydrogen-bond acceptors (Lipinski definition) is 3. The van der Waals surface area contributed by atoms with Crippen molar-refractivity contribution in [3.05, 3.63) is 144 Å². The molecule has 4 aromatic rings. The quantitative estimate of drug-likeness (QED) is 0.140. The summed E-state index contributed by atoms with van der Waals surface area (Å²) in [5.41, 5.74) is 11.4.